The topological polar surface area (TPSA) is 60.4 Å². The molecule has 3 N–H and O–H groups in total. The summed E-state index contributed by atoms with van der Waals surface area (Å²) in [4.78, 5) is 0. The summed E-state index contributed by atoms with van der Waals surface area (Å²) >= 11 is 0. The van der Waals surface area contributed by atoms with Gasteiger partial charge >= 0.3 is 0 Å². The van der Waals surface area contributed by atoms with Crippen LogP contribution in [0.15, 0.2) is 48.7 Å². The molecule has 20 heavy (non-hydrogen) atoms. The molecule has 0 saturated heterocycles. The fourth-order valence-corrected chi connectivity index (χ4v) is 2.43. The number of benzene rings is 2. The van der Waals surface area contributed by atoms with Crippen molar-refractivity contribution in [2.75, 3.05) is 5.73 Å². The van der Waals surface area contributed by atoms with E-state index in [1.54, 1.807) is 18.2 Å². The Morgan fingerprint density at radius 2 is 1.95 bits per heavy atom. The highest BCUT2D eigenvalue weighted by atomic mass is 16.5. The quantitative estimate of drug-likeness (QED) is 0.718. The number of aryl methyl sites for hydroxylation is 1. The van der Waals surface area contributed by atoms with E-state index in [4.69, 9.17) is 10.5 Å². The van der Waals surface area contributed by atoms with Crippen LogP contribution in [0.5, 0.6) is 11.5 Å². The van der Waals surface area contributed by atoms with Crippen LogP contribution in [0.3, 0.4) is 0 Å². The number of ether oxygens (including phenoxy) is 1. The number of aromatic hydroxyl groups is 1. The van der Waals surface area contributed by atoms with E-state index in [2.05, 4.69) is 0 Å². The van der Waals surface area contributed by atoms with Crippen molar-refractivity contribution in [2.45, 2.75) is 6.61 Å². The highest BCUT2D eigenvalue weighted by Gasteiger charge is 2.10. The monoisotopic (exact) mass is 268 g/mol. The zero-order chi connectivity index (χ0) is 14.1. The minimum absolute atomic E-state index is 0.146. The fraction of sp³-hybridized carbons (Fsp3) is 0.125. The number of para-hydroxylation sites is 3. The smallest absolute Gasteiger partial charge is 0.161 e. The van der Waals surface area contributed by atoms with Crippen LogP contribution >= 0.6 is 0 Å². The van der Waals surface area contributed by atoms with Gasteiger partial charge in [-0.3, -0.25) is 0 Å². The summed E-state index contributed by atoms with van der Waals surface area (Å²) in [7, 11) is 1.96. The number of nitrogens with zero attached hydrogens (tertiary/aromatic N) is 1. The molecule has 0 amide bonds. The van der Waals surface area contributed by atoms with Gasteiger partial charge in [0.1, 0.15) is 6.61 Å². The number of anilines is 1. The third-order valence-electron chi connectivity index (χ3n) is 3.36. The molecule has 1 aromatic heterocycles. The number of hydrogen-bond acceptors (Lipinski definition) is 3. The Balaban J connectivity index is 1.93. The third kappa shape index (κ3) is 2.05. The van der Waals surface area contributed by atoms with Crippen LogP contribution in [-0.4, -0.2) is 9.67 Å². The van der Waals surface area contributed by atoms with E-state index in [1.807, 2.05) is 42.1 Å². The van der Waals surface area contributed by atoms with Gasteiger partial charge in [-0.1, -0.05) is 24.3 Å². The molecule has 0 bridgehead atoms. The number of phenolic OH excluding ortho intramolecular Hbond substituents is 1. The first-order valence-electron chi connectivity index (χ1n) is 6.40. The van der Waals surface area contributed by atoms with E-state index in [1.165, 1.54) is 0 Å². The molecule has 0 radical (unpaired) electrons. The number of nitrogens with two attached hydrogens (primary N) is 1. The highest BCUT2D eigenvalue weighted by Crippen LogP contribution is 2.29. The molecule has 102 valence electrons. The van der Waals surface area contributed by atoms with Gasteiger partial charge in [-0.15, -0.1) is 0 Å². The van der Waals surface area contributed by atoms with E-state index in [-0.39, 0.29) is 5.75 Å². The molecule has 4 nitrogen and oxygen atoms in total. The summed E-state index contributed by atoms with van der Waals surface area (Å²) in [6.45, 7) is 0.387. The molecule has 0 fully saturated rings. The Morgan fingerprint density at radius 1 is 1.15 bits per heavy atom. The van der Waals surface area contributed by atoms with Crippen LogP contribution in [0.2, 0.25) is 0 Å². The Labute approximate surface area is 117 Å². The minimum atomic E-state index is 0.146. The van der Waals surface area contributed by atoms with E-state index in [0.717, 1.165) is 22.2 Å². The second-order valence-corrected chi connectivity index (χ2v) is 4.77. The van der Waals surface area contributed by atoms with Crippen LogP contribution in [0.4, 0.5) is 5.69 Å². The van der Waals surface area contributed by atoms with Crippen molar-refractivity contribution in [3.63, 3.8) is 0 Å². The van der Waals surface area contributed by atoms with E-state index in [0.29, 0.717) is 12.4 Å². The third-order valence-corrected chi connectivity index (χ3v) is 3.36. The van der Waals surface area contributed by atoms with Crippen LogP contribution in [-0.2, 0) is 13.7 Å². The molecule has 3 aromatic rings. The molecule has 0 aliphatic rings. The summed E-state index contributed by atoms with van der Waals surface area (Å²) in [5.41, 5.74) is 8.79. The van der Waals surface area contributed by atoms with E-state index >= 15 is 0 Å². The lowest BCUT2D eigenvalue weighted by Gasteiger charge is -2.07. The predicted octanol–water partition coefficient (Wildman–Crippen LogP) is 3.05. The highest BCUT2D eigenvalue weighted by molar-refractivity contribution is 5.93. The first-order chi connectivity index (χ1) is 9.66. The molecule has 0 saturated carbocycles. The summed E-state index contributed by atoms with van der Waals surface area (Å²) in [5.74, 6) is 0.626. The first-order valence-corrected chi connectivity index (χ1v) is 6.40. The van der Waals surface area contributed by atoms with Crippen LogP contribution in [0.25, 0.3) is 10.9 Å². The summed E-state index contributed by atoms with van der Waals surface area (Å²) in [5, 5.41) is 10.8. The average Bonchev–Trinajstić information content (AvgIpc) is 2.76. The molecular weight excluding hydrogens is 252 g/mol. The molecule has 2 aromatic carbocycles. The van der Waals surface area contributed by atoms with Gasteiger partial charge in [0.25, 0.3) is 0 Å². The number of nitrogen functional groups attached to an aromatic ring is 1. The molecular formula is C16H16N2O2. The lowest BCUT2D eigenvalue weighted by atomic mass is 10.1. The zero-order valence-electron chi connectivity index (χ0n) is 11.2. The Bertz CT molecular complexity index is 762. The lowest BCUT2D eigenvalue weighted by Crippen LogP contribution is -1.94. The minimum Gasteiger partial charge on any atom is -0.504 e. The van der Waals surface area contributed by atoms with Crippen molar-refractivity contribution in [2.24, 2.45) is 7.05 Å². The normalized spacial score (nSPS) is 10.8. The van der Waals surface area contributed by atoms with Crippen LogP contribution in [0, 0.1) is 0 Å². The second-order valence-electron chi connectivity index (χ2n) is 4.77. The Hall–Kier alpha value is -2.62. The number of phenols is 1. The summed E-state index contributed by atoms with van der Waals surface area (Å²) in [6, 6.07) is 12.8. The van der Waals surface area contributed by atoms with Gasteiger partial charge in [-0.05, 0) is 18.2 Å². The number of fused-ring (bicyclic) bond motifs is 1. The molecule has 0 aliphatic carbocycles. The maximum Gasteiger partial charge on any atom is 0.161 e. The molecule has 0 spiro atoms. The number of rotatable bonds is 3. The molecule has 1 heterocycles. The van der Waals surface area contributed by atoms with Gasteiger partial charge in [0.15, 0.2) is 11.5 Å². The lowest BCUT2D eigenvalue weighted by molar-refractivity contribution is 0.290. The first kappa shape index (κ1) is 12.4. The predicted molar refractivity (Wildman–Crippen MR) is 79.8 cm³/mol. The van der Waals surface area contributed by atoms with Crippen molar-refractivity contribution in [1.82, 2.24) is 4.57 Å². The molecule has 3 rings (SSSR count). The number of hydrogen-bond donors (Lipinski definition) is 2. The molecule has 4 heteroatoms. The van der Waals surface area contributed by atoms with Gasteiger partial charge in [-0.2, -0.15) is 0 Å². The fourth-order valence-electron chi connectivity index (χ4n) is 2.43. The molecule has 0 atom stereocenters. The van der Waals surface area contributed by atoms with Gasteiger partial charge in [0.2, 0.25) is 0 Å². The maximum absolute atomic E-state index is 9.70. The standard InChI is InChI=1S/C16H16N2O2/c1-18-9-11(12-5-4-6-13(17)16(12)18)10-20-15-8-3-2-7-14(15)19/h2-9,19H,10,17H2,1H3. The molecule has 0 unspecified atom stereocenters. The second kappa shape index (κ2) is 4.81. The number of aromatic nitrogens is 1. The SMILES string of the molecule is Cn1cc(COc2ccccc2O)c2cccc(N)c21. The van der Waals surface area contributed by atoms with Gasteiger partial charge in [-0.25, -0.2) is 0 Å². The van der Waals surface area contributed by atoms with Crippen molar-refractivity contribution < 1.29 is 9.84 Å². The summed E-state index contributed by atoms with van der Waals surface area (Å²) < 4.78 is 7.67. The van der Waals surface area contributed by atoms with Crippen LogP contribution < -0.4 is 10.5 Å². The largest absolute Gasteiger partial charge is 0.504 e. The van der Waals surface area contributed by atoms with Crippen LogP contribution in [0.1, 0.15) is 5.56 Å². The average molecular weight is 268 g/mol. The zero-order valence-corrected chi connectivity index (χ0v) is 11.2. The van der Waals surface area contributed by atoms with Gasteiger partial charge < -0.3 is 20.1 Å². The van der Waals surface area contributed by atoms with Gasteiger partial charge in [0.05, 0.1) is 11.2 Å². The van der Waals surface area contributed by atoms with Crippen molar-refractivity contribution >= 4 is 16.6 Å². The Kier molecular flexibility index (Phi) is 2.99. The van der Waals surface area contributed by atoms with Crippen molar-refractivity contribution in [1.29, 1.82) is 0 Å². The van der Waals surface area contributed by atoms with E-state index < -0.39 is 0 Å². The maximum atomic E-state index is 9.70. The van der Waals surface area contributed by atoms with Gasteiger partial charge in [0, 0.05) is 24.2 Å². The molecule has 0 aliphatic heterocycles. The van der Waals surface area contributed by atoms with Crippen molar-refractivity contribution in [3.05, 3.63) is 54.2 Å². The van der Waals surface area contributed by atoms with E-state index in [9.17, 15) is 5.11 Å². The Morgan fingerprint density at radius 3 is 2.75 bits per heavy atom. The summed E-state index contributed by atoms with van der Waals surface area (Å²) in [6.07, 6.45) is 2.00. The van der Waals surface area contributed by atoms with Crippen molar-refractivity contribution in [3.8, 4) is 11.5 Å².